The van der Waals surface area contributed by atoms with Gasteiger partial charge in [-0.2, -0.15) is 5.10 Å². The second-order valence-corrected chi connectivity index (χ2v) is 6.98. The molecule has 1 aliphatic carbocycles. The lowest BCUT2D eigenvalue weighted by Crippen LogP contribution is -2.32. The number of carbonyl (C=O) groups excluding carboxylic acids is 1. The van der Waals surface area contributed by atoms with E-state index in [-0.39, 0.29) is 28.9 Å². The van der Waals surface area contributed by atoms with Gasteiger partial charge in [0.15, 0.2) is 5.65 Å². The lowest BCUT2D eigenvalue weighted by molar-refractivity contribution is 0.0939. The van der Waals surface area contributed by atoms with Crippen molar-refractivity contribution in [1.82, 2.24) is 19.9 Å². The summed E-state index contributed by atoms with van der Waals surface area (Å²) in [5, 5.41) is 6.97. The minimum Gasteiger partial charge on any atom is -0.349 e. The van der Waals surface area contributed by atoms with Gasteiger partial charge in [-0.1, -0.05) is 42.7 Å². The molecule has 1 N–H and O–H groups in total. The first-order valence-corrected chi connectivity index (χ1v) is 9.07. The van der Waals surface area contributed by atoms with Gasteiger partial charge in [-0.25, -0.2) is 18.3 Å². The highest BCUT2D eigenvalue weighted by Gasteiger charge is 2.24. The van der Waals surface area contributed by atoms with E-state index in [1.807, 2.05) is 31.2 Å². The van der Waals surface area contributed by atoms with Crippen LogP contribution in [0.2, 0.25) is 0 Å². The highest BCUT2D eigenvalue weighted by atomic mass is 19.3. The molecule has 1 saturated carbocycles. The largest absolute Gasteiger partial charge is 0.349 e. The lowest BCUT2D eigenvalue weighted by atomic mass is 10.1. The molecule has 3 aromatic rings. The predicted molar refractivity (Wildman–Crippen MR) is 97.8 cm³/mol. The van der Waals surface area contributed by atoms with Gasteiger partial charge in [-0.3, -0.25) is 4.79 Å². The van der Waals surface area contributed by atoms with Gasteiger partial charge < -0.3 is 5.32 Å². The Labute approximate surface area is 155 Å². The monoisotopic (exact) mass is 370 g/mol. The lowest BCUT2D eigenvalue weighted by Gasteiger charge is -2.12. The first-order valence-electron chi connectivity index (χ1n) is 9.07. The number of hydrogen-bond donors (Lipinski definition) is 1. The Morgan fingerprint density at radius 1 is 1.22 bits per heavy atom. The van der Waals surface area contributed by atoms with E-state index in [2.05, 4.69) is 15.4 Å². The highest BCUT2D eigenvalue weighted by Crippen LogP contribution is 2.27. The maximum Gasteiger partial charge on any atom is 0.280 e. The average Bonchev–Trinajstić information content (AvgIpc) is 3.30. The third-order valence-corrected chi connectivity index (χ3v) is 5.01. The number of amides is 1. The number of carbonyl (C=O) groups is 1. The van der Waals surface area contributed by atoms with Gasteiger partial charge in [0, 0.05) is 11.6 Å². The maximum absolute atomic E-state index is 13.6. The molecule has 0 aliphatic heterocycles. The first-order chi connectivity index (χ1) is 13.0. The van der Waals surface area contributed by atoms with Crippen molar-refractivity contribution in [3.63, 3.8) is 0 Å². The number of nitrogens with zero attached hydrogens (tertiary/aromatic N) is 3. The van der Waals surface area contributed by atoms with E-state index in [0.29, 0.717) is 11.3 Å². The summed E-state index contributed by atoms with van der Waals surface area (Å²) in [5.74, 6) is -0.314. The zero-order chi connectivity index (χ0) is 19.0. The third kappa shape index (κ3) is 3.41. The predicted octanol–water partition coefficient (Wildman–Crippen LogP) is 4.31. The highest BCUT2D eigenvalue weighted by molar-refractivity contribution is 6.00. The summed E-state index contributed by atoms with van der Waals surface area (Å²) >= 11 is 0. The van der Waals surface area contributed by atoms with E-state index in [9.17, 15) is 13.6 Å². The molecule has 0 atom stereocenters. The first kappa shape index (κ1) is 17.6. The number of benzene rings is 1. The standard InChI is InChI=1S/C20H20F2N4O/c1-12-6-8-13(9-7-12)16-10-17(18(21)22)26-19(25-16)15(11-23-26)20(27)24-14-4-2-3-5-14/h6-11,14,18H,2-5H2,1H3,(H,24,27). The fourth-order valence-corrected chi connectivity index (χ4v) is 3.51. The minimum absolute atomic E-state index is 0.127. The number of halogens is 2. The molecule has 1 fully saturated rings. The Hall–Kier alpha value is -2.83. The third-order valence-electron chi connectivity index (χ3n) is 5.01. The smallest absolute Gasteiger partial charge is 0.280 e. The summed E-state index contributed by atoms with van der Waals surface area (Å²) in [6, 6.07) is 8.91. The molecule has 7 heteroatoms. The van der Waals surface area contributed by atoms with Crippen molar-refractivity contribution in [2.75, 3.05) is 0 Å². The van der Waals surface area contributed by atoms with Gasteiger partial charge >= 0.3 is 0 Å². The van der Waals surface area contributed by atoms with Crippen LogP contribution in [0.5, 0.6) is 0 Å². The van der Waals surface area contributed by atoms with Crippen LogP contribution in [0.3, 0.4) is 0 Å². The Balaban J connectivity index is 1.79. The summed E-state index contributed by atoms with van der Waals surface area (Å²) in [6.07, 6.45) is 2.64. The molecule has 1 aliphatic rings. The summed E-state index contributed by atoms with van der Waals surface area (Å²) in [7, 11) is 0. The summed E-state index contributed by atoms with van der Waals surface area (Å²) in [5.41, 5.74) is 2.27. The molecule has 0 bridgehead atoms. The molecule has 1 amide bonds. The van der Waals surface area contributed by atoms with Gasteiger partial charge in [-0.15, -0.1) is 0 Å². The van der Waals surface area contributed by atoms with Crippen molar-refractivity contribution in [3.8, 4) is 11.3 Å². The van der Waals surface area contributed by atoms with E-state index in [1.165, 1.54) is 12.3 Å². The van der Waals surface area contributed by atoms with E-state index in [4.69, 9.17) is 0 Å². The molecule has 140 valence electrons. The van der Waals surface area contributed by atoms with Crippen LogP contribution < -0.4 is 5.32 Å². The molecule has 5 nitrogen and oxygen atoms in total. The summed E-state index contributed by atoms with van der Waals surface area (Å²) in [4.78, 5) is 17.1. The normalized spacial score (nSPS) is 15.0. The average molecular weight is 370 g/mol. The Kier molecular flexibility index (Phi) is 4.59. The van der Waals surface area contributed by atoms with Crippen LogP contribution in [0.15, 0.2) is 36.5 Å². The van der Waals surface area contributed by atoms with Gasteiger partial charge in [0.25, 0.3) is 12.3 Å². The fraction of sp³-hybridized carbons (Fsp3) is 0.350. The number of alkyl halides is 2. The van der Waals surface area contributed by atoms with Crippen molar-refractivity contribution >= 4 is 11.6 Å². The van der Waals surface area contributed by atoms with E-state index < -0.39 is 6.43 Å². The molecule has 0 saturated heterocycles. The maximum atomic E-state index is 13.6. The molecular formula is C20H20F2N4O. The van der Waals surface area contributed by atoms with Crippen molar-refractivity contribution in [2.24, 2.45) is 0 Å². The van der Waals surface area contributed by atoms with Gasteiger partial charge in [0.2, 0.25) is 0 Å². The Bertz CT molecular complexity index is 976. The van der Waals surface area contributed by atoms with Gasteiger partial charge in [0.1, 0.15) is 11.3 Å². The number of aromatic nitrogens is 3. The Morgan fingerprint density at radius 2 is 1.93 bits per heavy atom. The summed E-state index contributed by atoms with van der Waals surface area (Å²) in [6.45, 7) is 1.95. The van der Waals surface area contributed by atoms with Crippen molar-refractivity contribution in [2.45, 2.75) is 45.1 Å². The van der Waals surface area contributed by atoms with Crippen LogP contribution in [0, 0.1) is 6.92 Å². The Morgan fingerprint density at radius 3 is 2.59 bits per heavy atom. The zero-order valence-electron chi connectivity index (χ0n) is 15.0. The number of rotatable bonds is 4. The quantitative estimate of drug-likeness (QED) is 0.744. The zero-order valence-corrected chi connectivity index (χ0v) is 15.0. The summed E-state index contributed by atoms with van der Waals surface area (Å²) < 4.78 is 28.3. The van der Waals surface area contributed by atoms with Crippen LogP contribution in [0.4, 0.5) is 8.78 Å². The van der Waals surface area contributed by atoms with Crippen molar-refractivity contribution in [1.29, 1.82) is 0 Å². The van der Waals surface area contributed by atoms with Crippen LogP contribution in [0.25, 0.3) is 16.9 Å². The molecule has 2 heterocycles. The second kappa shape index (κ2) is 7.06. The minimum atomic E-state index is -2.73. The second-order valence-electron chi connectivity index (χ2n) is 6.98. The van der Waals surface area contributed by atoms with Crippen molar-refractivity contribution in [3.05, 3.63) is 53.3 Å². The van der Waals surface area contributed by atoms with Crippen LogP contribution in [0.1, 0.15) is 53.7 Å². The number of fused-ring (bicyclic) bond motifs is 1. The number of aryl methyl sites for hydroxylation is 1. The fourth-order valence-electron chi connectivity index (χ4n) is 3.51. The molecular weight excluding hydrogens is 350 g/mol. The van der Waals surface area contributed by atoms with Crippen LogP contribution in [-0.4, -0.2) is 26.5 Å². The molecule has 27 heavy (non-hydrogen) atoms. The van der Waals surface area contributed by atoms with E-state index >= 15 is 0 Å². The number of hydrogen-bond acceptors (Lipinski definition) is 3. The molecule has 0 spiro atoms. The topological polar surface area (TPSA) is 59.3 Å². The molecule has 4 rings (SSSR count). The SMILES string of the molecule is Cc1ccc(-c2cc(C(F)F)n3ncc(C(=O)NC4CCCC4)c3n2)cc1. The van der Waals surface area contributed by atoms with E-state index in [1.54, 1.807) is 0 Å². The molecule has 1 aromatic carbocycles. The van der Waals surface area contributed by atoms with Gasteiger partial charge in [0.05, 0.1) is 11.9 Å². The van der Waals surface area contributed by atoms with Crippen LogP contribution in [-0.2, 0) is 0 Å². The molecule has 0 unspecified atom stereocenters. The van der Waals surface area contributed by atoms with Crippen molar-refractivity contribution < 1.29 is 13.6 Å². The number of nitrogens with one attached hydrogen (secondary N) is 1. The molecule has 2 aromatic heterocycles. The van der Waals surface area contributed by atoms with Gasteiger partial charge in [-0.05, 0) is 25.8 Å². The molecule has 0 radical (unpaired) electrons. The van der Waals surface area contributed by atoms with Crippen LogP contribution >= 0.6 is 0 Å². The van der Waals surface area contributed by atoms with E-state index in [0.717, 1.165) is 35.8 Å².